The monoisotopic (exact) mass is 296 g/mol. The van der Waals surface area contributed by atoms with Gasteiger partial charge in [-0.1, -0.05) is 33.8 Å². The highest BCUT2D eigenvalue weighted by Crippen LogP contribution is 2.62. The van der Waals surface area contributed by atoms with E-state index in [0.29, 0.717) is 11.4 Å². The van der Waals surface area contributed by atoms with Crippen molar-refractivity contribution in [1.82, 2.24) is 4.72 Å². The van der Waals surface area contributed by atoms with E-state index in [4.69, 9.17) is 5.73 Å². The number of sulfonamides is 1. The summed E-state index contributed by atoms with van der Waals surface area (Å²) in [5.74, 6) is 0. The predicted octanol–water partition coefficient (Wildman–Crippen LogP) is 2.17. The van der Waals surface area contributed by atoms with Crippen LogP contribution >= 0.6 is 0 Å². The van der Waals surface area contributed by atoms with E-state index >= 15 is 0 Å². The lowest BCUT2D eigenvalue weighted by atomic mass is 10.0. The Balaban J connectivity index is 2.27. The predicted molar refractivity (Wildman–Crippen MR) is 80.7 cm³/mol. The van der Waals surface area contributed by atoms with E-state index in [-0.39, 0.29) is 16.9 Å². The van der Waals surface area contributed by atoms with Gasteiger partial charge in [-0.25, -0.2) is 13.1 Å². The molecule has 1 saturated carbocycles. The van der Waals surface area contributed by atoms with Crippen LogP contribution < -0.4 is 10.5 Å². The van der Waals surface area contributed by atoms with E-state index in [1.54, 1.807) is 18.2 Å². The largest absolute Gasteiger partial charge is 0.326 e. The molecule has 1 aromatic rings. The molecule has 0 atom stereocenters. The molecule has 2 rings (SSSR count). The first-order chi connectivity index (χ1) is 9.04. The third-order valence-electron chi connectivity index (χ3n) is 5.14. The van der Waals surface area contributed by atoms with Gasteiger partial charge in [0.1, 0.15) is 0 Å². The molecular formula is C15H24N2O2S. The van der Waals surface area contributed by atoms with Crippen LogP contribution in [-0.2, 0) is 16.6 Å². The van der Waals surface area contributed by atoms with Gasteiger partial charge in [-0.15, -0.1) is 0 Å². The van der Waals surface area contributed by atoms with Gasteiger partial charge in [0.25, 0.3) is 0 Å². The van der Waals surface area contributed by atoms with Gasteiger partial charge in [0.2, 0.25) is 10.0 Å². The summed E-state index contributed by atoms with van der Waals surface area (Å²) in [6.45, 7) is 10.6. The maximum atomic E-state index is 12.5. The van der Waals surface area contributed by atoms with E-state index < -0.39 is 10.0 Å². The summed E-state index contributed by atoms with van der Waals surface area (Å²) < 4.78 is 27.8. The first-order valence-electron chi connectivity index (χ1n) is 6.86. The Kier molecular flexibility index (Phi) is 3.52. The molecule has 0 aromatic heterocycles. The average molecular weight is 296 g/mol. The molecular weight excluding hydrogens is 272 g/mol. The standard InChI is InChI=1S/C15H24N2O2S/c1-10-8-12(7-6-11(10)9-16)20(18,19)17-13-14(2,3)15(13,4)5/h6-8,13,17H,9,16H2,1-5H3. The number of hydrogen-bond acceptors (Lipinski definition) is 3. The van der Waals surface area contributed by atoms with Crippen LogP contribution in [0.4, 0.5) is 0 Å². The summed E-state index contributed by atoms with van der Waals surface area (Å²) in [5.41, 5.74) is 7.44. The quantitative estimate of drug-likeness (QED) is 0.894. The molecule has 0 saturated heterocycles. The molecule has 1 aromatic carbocycles. The van der Waals surface area contributed by atoms with Crippen LogP contribution in [0.2, 0.25) is 0 Å². The average Bonchev–Trinajstić information content (AvgIpc) is 2.71. The second-order valence-corrected chi connectivity index (χ2v) is 8.50. The van der Waals surface area contributed by atoms with Crippen molar-refractivity contribution in [2.24, 2.45) is 16.6 Å². The number of nitrogens with two attached hydrogens (primary N) is 1. The van der Waals surface area contributed by atoms with Gasteiger partial charge in [-0.05, 0) is 41.0 Å². The number of aryl methyl sites for hydroxylation is 1. The third-order valence-corrected chi connectivity index (χ3v) is 6.56. The number of hydrogen-bond donors (Lipinski definition) is 2. The molecule has 0 spiro atoms. The molecule has 0 radical (unpaired) electrons. The molecule has 1 aliphatic carbocycles. The number of rotatable bonds is 4. The molecule has 5 heteroatoms. The number of benzene rings is 1. The Morgan fingerprint density at radius 3 is 2.15 bits per heavy atom. The molecule has 0 amide bonds. The highest BCUT2D eigenvalue weighted by molar-refractivity contribution is 7.89. The van der Waals surface area contributed by atoms with Gasteiger partial charge in [-0.3, -0.25) is 0 Å². The fourth-order valence-corrected chi connectivity index (χ4v) is 4.39. The molecule has 0 aliphatic heterocycles. The fourth-order valence-electron chi connectivity index (χ4n) is 2.78. The molecule has 0 unspecified atom stereocenters. The van der Waals surface area contributed by atoms with E-state index in [1.807, 2.05) is 6.92 Å². The minimum absolute atomic E-state index is 0.0215. The van der Waals surface area contributed by atoms with E-state index in [9.17, 15) is 8.42 Å². The summed E-state index contributed by atoms with van der Waals surface area (Å²) in [6, 6.07) is 5.06. The second kappa shape index (κ2) is 4.55. The summed E-state index contributed by atoms with van der Waals surface area (Å²) in [7, 11) is -3.48. The molecule has 0 bridgehead atoms. The van der Waals surface area contributed by atoms with Gasteiger partial charge in [-0.2, -0.15) is 0 Å². The van der Waals surface area contributed by atoms with Gasteiger partial charge >= 0.3 is 0 Å². The van der Waals surface area contributed by atoms with Crippen molar-refractivity contribution in [1.29, 1.82) is 0 Å². The van der Waals surface area contributed by atoms with Crippen LogP contribution in [0.1, 0.15) is 38.8 Å². The van der Waals surface area contributed by atoms with Gasteiger partial charge in [0.15, 0.2) is 0 Å². The SMILES string of the molecule is Cc1cc(S(=O)(=O)NC2C(C)(C)C2(C)C)ccc1CN. The molecule has 1 aliphatic rings. The fraction of sp³-hybridized carbons (Fsp3) is 0.600. The maximum Gasteiger partial charge on any atom is 0.240 e. The summed E-state index contributed by atoms with van der Waals surface area (Å²) in [6.07, 6.45) is 0. The van der Waals surface area contributed by atoms with E-state index in [0.717, 1.165) is 11.1 Å². The van der Waals surface area contributed by atoms with Gasteiger partial charge in [0.05, 0.1) is 4.90 Å². The number of nitrogens with one attached hydrogen (secondary N) is 1. The smallest absolute Gasteiger partial charge is 0.240 e. The Bertz CT molecular complexity index is 619. The zero-order valence-corrected chi connectivity index (χ0v) is 13.6. The molecule has 0 heterocycles. The van der Waals surface area contributed by atoms with Crippen molar-refractivity contribution < 1.29 is 8.42 Å². The highest BCUT2D eigenvalue weighted by Gasteiger charge is 2.66. The first kappa shape index (κ1) is 15.5. The molecule has 20 heavy (non-hydrogen) atoms. The molecule has 4 nitrogen and oxygen atoms in total. The van der Waals surface area contributed by atoms with Crippen LogP contribution in [0.3, 0.4) is 0 Å². The highest BCUT2D eigenvalue weighted by atomic mass is 32.2. The summed E-state index contributed by atoms with van der Waals surface area (Å²) >= 11 is 0. The van der Waals surface area contributed by atoms with Crippen molar-refractivity contribution in [3.05, 3.63) is 29.3 Å². The van der Waals surface area contributed by atoms with E-state index in [2.05, 4.69) is 32.4 Å². The van der Waals surface area contributed by atoms with Crippen molar-refractivity contribution in [3.63, 3.8) is 0 Å². The zero-order chi connectivity index (χ0) is 15.3. The lowest BCUT2D eigenvalue weighted by Crippen LogP contribution is -2.30. The molecule has 1 fully saturated rings. The van der Waals surface area contributed by atoms with Crippen molar-refractivity contribution >= 4 is 10.0 Å². The Hall–Kier alpha value is -0.910. The second-order valence-electron chi connectivity index (χ2n) is 6.79. The lowest BCUT2D eigenvalue weighted by molar-refractivity contribution is 0.457. The Labute approximate surface area is 121 Å². The van der Waals surface area contributed by atoms with Gasteiger partial charge < -0.3 is 5.73 Å². The van der Waals surface area contributed by atoms with Crippen molar-refractivity contribution in [2.45, 2.75) is 52.1 Å². The van der Waals surface area contributed by atoms with Crippen LogP contribution in [0, 0.1) is 17.8 Å². The normalized spacial score (nSPS) is 20.9. The molecule has 112 valence electrons. The van der Waals surface area contributed by atoms with Crippen molar-refractivity contribution in [3.8, 4) is 0 Å². The topological polar surface area (TPSA) is 72.2 Å². The van der Waals surface area contributed by atoms with Crippen LogP contribution in [0.25, 0.3) is 0 Å². The molecule has 3 N–H and O–H groups in total. The first-order valence-corrected chi connectivity index (χ1v) is 8.34. The Morgan fingerprint density at radius 1 is 1.20 bits per heavy atom. The van der Waals surface area contributed by atoms with Crippen LogP contribution in [-0.4, -0.2) is 14.5 Å². The van der Waals surface area contributed by atoms with Crippen molar-refractivity contribution in [2.75, 3.05) is 0 Å². The van der Waals surface area contributed by atoms with E-state index in [1.165, 1.54) is 0 Å². The summed E-state index contributed by atoms with van der Waals surface area (Å²) in [5, 5.41) is 0. The maximum absolute atomic E-state index is 12.5. The van der Waals surface area contributed by atoms with Crippen LogP contribution in [0.15, 0.2) is 23.1 Å². The Morgan fingerprint density at radius 2 is 1.75 bits per heavy atom. The minimum Gasteiger partial charge on any atom is -0.326 e. The van der Waals surface area contributed by atoms with Crippen LogP contribution in [0.5, 0.6) is 0 Å². The van der Waals surface area contributed by atoms with Gasteiger partial charge in [0, 0.05) is 12.6 Å². The third kappa shape index (κ3) is 2.28. The minimum atomic E-state index is -3.48. The lowest BCUT2D eigenvalue weighted by Gasteiger charge is -2.10. The summed E-state index contributed by atoms with van der Waals surface area (Å²) in [4.78, 5) is 0.311. The zero-order valence-electron chi connectivity index (χ0n) is 12.8.